The summed E-state index contributed by atoms with van der Waals surface area (Å²) in [5.41, 5.74) is 2.52. The predicted octanol–water partition coefficient (Wildman–Crippen LogP) is 5.32. The first-order valence-corrected chi connectivity index (χ1v) is 12.4. The minimum Gasteiger partial charge on any atom is -0.503 e. The van der Waals surface area contributed by atoms with Crippen molar-refractivity contribution >= 4 is 17.8 Å². The predicted molar refractivity (Wildman–Crippen MR) is 145 cm³/mol. The van der Waals surface area contributed by atoms with Gasteiger partial charge in [-0.05, 0) is 60.4 Å². The quantitative estimate of drug-likeness (QED) is 0.349. The molecule has 7 heteroatoms. The van der Waals surface area contributed by atoms with Crippen LogP contribution >= 0.6 is 0 Å². The van der Waals surface area contributed by atoms with Crippen molar-refractivity contribution in [3.63, 3.8) is 0 Å². The fourth-order valence-corrected chi connectivity index (χ4v) is 4.51. The highest BCUT2D eigenvalue weighted by molar-refractivity contribution is 6.14. The summed E-state index contributed by atoms with van der Waals surface area (Å²) in [6.07, 6.45) is 3.55. The van der Waals surface area contributed by atoms with Gasteiger partial charge in [0.25, 0.3) is 5.91 Å². The van der Waals surface area contributed by atoms with Gasteiger partial charge in [0.15, 0.2) is 23.0 Å². The lowest BCUT2D eigenvalue weighted by atomic mass is 9.95. The number of aliphatic hydroxyl groups excluding tert-OH is 1. The van der Waals surface area contributed by atoms with Crippen LogP contribution < -0.4 is 14.2 Å². The van der Waals surface area contributed by atoms with Crippen LogP contribution in [0.5, 0.6) is 17.2 Å². The Morgan fingerprint density at radius 1 is 0.974 bits per heavy atom. The Balaban J connectivity index is 1.65. The first kappa shape index (κ1) is 26.5. The maximum Gasteiger partial charge on any atom is 0.290 e. The summed E-state index contributed by atoms with van der Waals surface area (Å²) < 4.78 is 16.3. The van der Waals surface area contributed by atoms with Crippen molar-refractivity contribution in [1.29, 1.82) is 0 Å². The second-order valence-electron chi connectivity index (χ2n) is 8.71. The normalized spacial score (nSPS) is 15.3. The number of allylic oxidation sites excluding steroid dienone is 1. The lowest BCUT2D eigenvalue weighted by molar-refractivity contribution is -0.129. The van der Waals surface area contributed by atoms with Crippen molar-refractivity contribution in [1.82, 2.24) is 4.90 Å². The molecule has 1 atom stereocenters. The molecule has 4 rings (SSSR count). The average molecular weight is 514 g/mol. The smallest absolute Gasteiger partial charge is 0.290 e. The summed E-state index contributed by atoms with van der Waals surface area (Å²) in [6, 6.07) is 21.4. The molecule has 1 heterocycles. The molecule has 0 unspecified atom stereocenters. The second-order valence-corrected chi connectivity index (χ2v) is 8.71. The molecule has 0 radical (unpaired) electrons. The number of amides is 1. The largest absolute Gasteiger partial charge is 0.503 e. The molecule has 0 fully saturated rings. The van der Waals surface area contributed by atoms with Crippen LogP contribution in [0.2, 0.25) is 0 Å². The Bertz CT molecular complexity index is 1340. The van der Waals surface area contributed by atoms with Crippen molar-refractivity contribution < 1.29 is 28.9 Å². The highest BCUT2D eigenvalue weighted by Crippen LogP contribution is 2.39. The standard InChI is InChI=1S/C31H31NO6/c1-4-38-24-14-12-23(13-15-24)29-28(25(33)16-10-21-8-6-5-7-9-21)30(34)31(35)32(29)19-18-22-11-17-26(36-2)27(20-22)37-3/h5-17,20,29,34H,4,18-19H2,1-3H3/b16-10+/t29-/m0/s1. The van der Waals surface area contributed by atoms with Crippen LogP contribution in [0.3, 0.4) is 0 Å². The van der Waals surface area contributed by atoms with E-state index < -0.39 is 23.5 Å². The summed E-state index contributed by atoms with van der Waals surface area (Å²) in [5, 5.41) is 10.9. The van der Waals surface area contributed by atoms with E-state index in [0.717, 1.165) is 11.1 Å². The van der Waals surface area contributed by atoms with Crippen LogP contribution in [0, 0.1) is 0 Å². The third kappa shape index (κ3) is 5.72. The van der Waals surface area contributed by atoms with Gasteiger partial charge < -0.3 is 24.2 Å². The van der Waals surface area contributed by atoms with E-state index in [0.29, 0.717) is 35.8 Å². The van der Waals surface area contributed by atoms with Crippen LogP contribution in [-0.2, 0) is 16.0 Å². The maximum atomic E-state index is 13.4. The van der Waals surface area contributed by atoms with Gasteiger partial charge in [0.05, 0.1) is 32.4 Å². The Kier molecular flexibility index (Phi) is 8.48. The lowest BCUT2D eigenvalue weighted by Gasteiger charge is -2.27. The van der Waals surface area contributed by atoms with Gasteiger partial charge in [-0.3, -0.25) is 9.59 Å². The number of ketones is 1. The Hall–Kier alpha value is -4.52. The highest BCUT2D eigenvalue weighted by atomic mass is 16.5. The molecule has 0 aliphatic carbocycles. The van der Waals surface area contributed by atoms with Crippen molar-refractivity contribution in [2.24, 2.45) is 0 Å². The zero-order valence-electron chi connectivity index (χ0n) is 21.7. The van der Waals surface area contributed by atoms with Gasteiger partial charge in [-0.2, -0.15) is 0 Å². The van der Waals surface area contributed by atoms with Gasteiger partial charge >= 0.3 is 0 Å². The van der Waals surface area contributed by atoms with Crippen LogP contribution in [0.1, 0.15) is 29.7 Å². The van der Waals surface area contributed by atoms with E-state index >= 15 is 0 Å². The van der Waals surface area contributed by atoms with E-state index in [-0.39, 0.29) is 12.1 Å². The maximum absolute atomic E-state index is 13.4. The van der Waals surface area contributed by atoms with Crippen molar-refractivity contribution in [2.75, 3.05) is 27.4 Å². The van der Waals surface area contributed by atoms with E-state index in [1.807, 2.05) is 67.6 Å². The molecule has 0 saturated heterocycles. The summed E-state index contributed by atoms with van der Waals surface area (Å²) >= 11 is 0. The van der Waals surface area contributed by atoms with Crippen molar-refractivity contribution in [3.8, 4) is 17.2 Å². The minimum absolute atomic E-state index is 0.0543. The Morgan fingerprint density at radius 3 is 2.34 bits per heavy atom. The summed E-state index contributed by atoms with van der Waals surface area (Å²) in [4.78, 5) is 28.2. The molecular formula is C31H31NO6. The number of methoxy groups -OCH3 is 2. The number of aliphatic hydroxyl groups is 1. The van der Waals surface area contributed by atoms with E-state index in [9.17, 15) is 14.7 Å². The van der Waals surface area contributed by atoms with E-state index in [1.54, 1.807) is 32.4 Å². The molecule has 0 bridgehead atoms. The summed E-state index contributed by atoms with van der Waals surface area (Å²) in [5.74, 6) is 0.344. The van der Waals surface area contributed by atoms with Gasteiger partial charge in [0.1, 0.15) is 5.75 Å². The summed E-state index contributed by atoms with van der Waals surface area (Å²) in [6.45, 7) is 2.69. The lowest BCUT2D eigenvalue weighted by Crippen LogP contribution is -2.33. The number of hydrogen-bond acceptors (Lipinski definition) is 6. The molecule has 7 nitrogen and oxygen atoms in total. The molecule has 1 N–H and O–H groups in total. The Labute approximate surface area is 222 Å². The fourth-order valence-electron chi connectivity index (χ4n) is 4.51. The van der Waals surface area contributed by atoms with Crippen LogP contribution in [0.15, 0.2) is 90.2 Å². The molecule has 3 aromatic rings. The van der Waals surface area contributed by atoms with E-state index in [4.69, 9.17) is 14.2 Å². The van der Waals surface area contributed by atoms with Gasteiger partial charge in [-0.1, -0.05) is 54.6 Å². The van der Waals surface area contributed by atoms with Gasteiger partial charge in [0, 0.05) is 6.54 Å². The molecule has 1 aliphatic heterocycles. The third-order valence-electron chi connectivity index (χ3n) is 6.39. The SMILES string of the molecule is CCOc1ccc([C@H]2C(C(=O)/C=C/c3ccccc3)=C(O)C(=O)N2CCc2ccc(OC)c(OC)c2)cc1. The monoisotopic (exact) mass is 513 g/mol. The Morgan fingerprint density at radius 2 is 1.68 bits per heavy atom. The zero-order valence-corrected chi connectivity index (χ0v) is 21.7. The molecule has 3 aromatic carbocycles. The molecule has 0 spiro atoms. The molecule has 196 valence electrons. The number of ether oxygens (including phenoxy) is 3. The van der Waals surface area contributed by atoms with Gasteiger partial charge in [0.2, 0.25) is 0 Å². The molecule has 0 aromatic heterocycles. The van der Waals surface area contributed by atoms with Crippen LogP contribution in [0.4, 0.5) is 0 Å². The minimum atomic E-state index is -0.744. The number of benzene rings is 3. The van der Waals surface area contributed by atoms with Gasteiger partial charge in [-0.15, -0.1) is 0 Å². The van der Waals surface area contributed by atoms with E-state index in [1.165, 1.54) is 11.0 Å². The number of hydrogen-bond donors (Lipinski definition) is 1. The average Bonchev–Trinajstić information content (AvgIpc) is 3.20. The number of carbonyl (C=O) groups excluding carboxylic acids is 2. The van der Waals surface area contributed by atoms with Crippen LogP contribution in [0.25, 0.3) is 6.08 Å². The van der Waals surface area contributed by atoms with E-state index in [2.05, 4.69) is 0 Å². The molecule has 0 saturated carbocycles. The first-order chi connectivity index (χ1) is 18.5. The second kappa shape index (κ2) is 12.1. The van der Waals surface area contributed by atoms with Crippen molar-refractivity contribution in [2.45, 2.75) is 19.4 Å². The molecular weight excluding hydrogens is 482 g/mol. The third-order valence-corrected chi connectivity index (χ3v) is 6.39. The topological polar surface area (TPSA) is 85.3 Å². The van der Waals surface area contributed by atoms with Crippen molar-refractivity contribution in [3.05, 3.63) is 107 Å². The molecule has 38 heavy (non-hydrogen) atoms. The van der Waals surface area contributed by atoms with Gasteiger partial charge in [-0.25, -0.2) is 0 Å². The van der Waals surface area contributed by atoms with Crippen LogP contribution in [-0.4, -0.2) is 49.1 Å². The highest BCUT2D eigenvalue weighted by Gasteiger charge is 2.42. The molecule has 1 aliphatic rings. The fraction of sp³-hybridized carbons (Fsp3) is 0.226. The molecule has 1 amide bonds. The zero-order chi connectivity index (χ0) is 27.1. The first-order valence-electron chi connectivity index (χ1n) is 12.4. The number of carbonyl (C=O) groups is 2. The summed E-state index contributed by atoms with van der Waals surface area (Å²) in [7, 11) is 3.14. The number of rotatable bonds is 11. The number of nitrogens with zero attached hydrogens (tertiary/aromatic N) is 1.